The van der Waals surface area contributed by atoms with Crippen molar-refractivity contribution in [2.75, 3.05) is 13.7 Å². The highest BCUT2D eigenvalue weighted by Gasteiger charge is 2.23. The molecule has 0 fully saturated rings. The molecule has 0 heterocycles. The first-order chi connectivity index (χ1) is 9.24. The SMILES string of the molecule is CCCCN(C(=O)c1ccccc1)C(CCC)OC. The highest BCUT2D eigenvalue weighted by atomic mass is 16.5. The fourth-order valence-electron chi connectivity index (χ4n) is 2.10. The number of carbonyl (C=O) groups is 1. The minimum absolute atomic E-state index is 0.0642. The number of ether oxygens (including phenoxy) is 1. The summed E-state index contributed by atoms with van der Waals surface area (Å²) in [4.78, 5) is 14.4. The maximum Gasteiger partial charge on any atom is 0.255 e. The van der Waals surface area contributed by atoms with Crippen LogP contribution in [0.25, 0.3) is 0 Å². The second-order valence-corrected chi connectivity index (χ2v) is 4.70. The van der Waals surface area contributed by atoms with E-state index in [2.05, 4.69) is 13.8 Å². The van der Waals surface area contributed by atoms with Gasteiger partial charge in [0.25, 0.3) is 5.91 Å². The first kappa shape index (κ1) is 15.7. The predicted molar refractivity (Wildman–Crippen MR) is 78.1 cm³/mol. The molecule has 1 rings (SSSR count). The Hall–Kier alpha value is -1.35. The number of hydrogen-bond donors (Lipinski definition) is 0. The van der Waals surface area contributed by atoms with Crippen LogP contribution in [0.5, 0.6) is 0 Å². The van der Waals surface area contributed by atoms with Crippen molar-refractivity contribution in [2.24, 2.45) is 0 Å². The minimum Gasteiger partial charge on any atom is -0.362 e. The third kappa shape index (κ3) is 4.67. The zero-order valence-corrected chi connectivity index (χ0v) is 12.3. The number of methoxy groups -OCH3 is 1. The van der Waals surface area contributed by atoms with E-state index in [1.807, 2.05) is 35.2 Å². The topological polar surface area (TPSA) is 29.5 Å². The number of rotatable bonds is 8. The number of unbranched alkanes of at least 4 members (excludes halogenated alkanes) is 1. The minimum atomic E-state index is -0.121. The van der Waals surface area contributed by atoms with Gasteiger partial charge in [-0.1, -0.05) is 44.9 Å². The molecule has 3 nitrogen and oxygen atoms in total. The number of hydrogen-bond acceptors (Lipinski definition) is 2. The van der Waals surface area contributed by atoms with E-state index in [4.69, 9.17) is 4.74 Å². The Morgan fingerprint density at radius 2 is 1.89 bits per heavy atom. The molecule has 0 N–H and O–H groups in total. The van der Waals surface area contributed by atoms with Crippen LogP contribution in [0.2, 0.25) is 0 Å². The highest BCUT2D eigenvalue weighted by Crippen LogP contribution is 2.14. The lowest BCUT2D eigenvalue weighted by Crippen LogP contribution is -2.42. The van der Waals surface area contributed by atoms with Crippen molar-refractivity contribution in [1.29, 1.82) is 0 Å². The average molecular weight is 263 g/mol. The molecule has 106 valence electrons. The molecule has 0 spiro atoms. The number of benzene rings is 1. The van der Waals surface area contributed by atoms with Gasteiger partial charge in [0.05, 0.1) is 0 Å². The van der Waals surface area contributed by atoms with Gasteiger partial charge < -0.3 is 9.64 Å². The van der Waals surface area contributed by atoms with Gasteiger partial charge in [-0.2, -0.15) is 0 Å². The van der Waals surface area contributed by atoms with Crippen LogP contribution in [0.15, 0.2) is 30.3 Å². The molecule has 1 aromatic rings. The van der Waals surface area contributed by atoms with Gasteiger partial charge in [-0.3, -0.25) is 4.79 Å². The van der Waals surface area contributed by atoms with Gasteiger partial charge in [0.15, 0.2) is 0 Å². The normalized spacial score (nSPS) is 12.2. The first-order valence-corrected chi connectivity index (χ1v) is 7.13. The van der Waals surface area contributed by atoms with E-state index in [0.29, 0.717) is 0 Å². The van der Waals surface area contributed by atoms with Crippen molar-refractivity contribution >= 4 is 5.91 Å². The van der Waals surface area contributed by atoms with E-state index in [9.17, 15) is 4.79 Å². The van der Waals surface area contributed by atoms with Crippen LogP contribution in [0, 0.1) is 0 Å². The lowest BCUT2D eigenvalue weighted by molar-refractivity contribution is -0.0258. The van der Waals surface area contributed by atoms with E-state index >= 15 is 0 Å². The predicted octanol–water partition coefficient (Wildman–Crippen LogP) is 3.70. The summed E-state index contributed by atoms with van der Waals surface area (Å²) in [7, 11) is 1.68. The molecule has 0 aromatic heterocycles. The summed E-state index contributed by atoms with van der Waals surface area (Å²) in [5, 5.41) is 0. The van der Waals surface area contributed by atoms with Crippen LogP contribution in [-0.4, -0.2) is 30.7 Å². The Kier molecular flexibility index (Phi) is 7.19. The van der Waals surface area contributed by atoms with Crippen LogP contribution in [0.1, 0.15) is 49.9 Å². The van der Waals surface area contributed by atoms with Crippen molar-refractivity contribution in [3.8, 4) is 0 Å². The molecule has 3 heteroatoms. The van der Waals surface area contributed by atoms with Crippen molar-refractivity contribution in [3.05, 3.63) is 35.9 Å². The molecule has 0 bridgehead atoms. The fourth-order valence-corrected chi connectivity index (χ4v) is 2.10. The van der Waals surface area contributed by atoms with E-state index < -0.39 is 0 Å². The van der Waals surface area contributed by atoms with Gasteiger partial charge in [-0.15, -0.1) is 0 Å². The second kappa shape index (κ2) is 8.70. The molecule has 19 heavy (non-hydrogen) atoms. The van der Waals surface area contributed by atoms with Gasteiger partial charge in [0, 0.05) is 19.2 Å². The lowest BCUT2D eigenvalue weighted by Gasteiger charge is -2.30. The van der Waals surface area contributed by atoms with Crippen molar-refractivity contribution in [1.82, 2.24) is 4.90 Å². The standard InChI is InChI=1S/C16H25NO2/c1-4-6-13-17(15(19-3)10-5-2)16(18)14-11-8-7-9-12-14/h7-9,11-12,15H,4-6,10,13H2,1-3H3. The summed E-state index contributed by atoms with van der Waals surface area (Å²) in [5.41, 5.74) is 0.733. The molecule has 0 saturated heterocycles. The third-order valence-electron chi connectivity index (χ3n) is 3.19. The lowest BCUT2D eigenvalue weighted by atomic mass is 10.1. The van der Waals surface area contributed by atoms with Crippen LogP contribution in [-0.2, 0) is 4.74 Å². The smallest absolute Gasteiger partial charge is 0.255 e. The van der Waals surface area contributed by atoms with E-state index in [-0.39, 0.29) is 12.1 Å². The molecule has 0 aliphatic rings. The number of carbonyl (C=O) groups excluding carboxylic acids is 1. The summed E-state index contributed by atoms with van der Waals surface area (Å²) >= 11 is 0. The second-order valence-electron chi connectivity index (χ2n) is 4.70. The van der Waals surface area contributed by atoms with Gasteiger partial charge in [0.2, 0.25) is 0 Å². The summed E-state index contributed by atoms with van der Waals surface area (Å²) in [6, 6.07) is 9.44. The Bertz CT molecular complexity index is 364. The molecule has 1 amide bonds. The zero-order chi connectivity index (χ0) is 14.1. The molecular formula is C16H25NO2. The number of nitrogens with zero attached hydrogens (tertiary/aromatic N) is 1. The van der Waals surface area contributed by atoms with Crippen LogP contribution in [0.4, 0.5) is 0 Å². The Morgan fingerprint density at radius 1 is 1.21 bits per heavy atom. The summed E-state index contributed by atoms with van der Waals surface area (Å²) in [5.74, 6) is 0.0642. The van der Waals surface area contributed by atoms with Crippen molar-refractivity contribution < 1.29 is 9.53 Å². The molecular weight excluding hydrogens is 238 g/mol. The molecule has 0 aliphatic heterocycles. The van der Waals surface area contributed by atoms with Gasteiger partial charge in [-0.25, -0.2) is 0 Å². The largest absolute Gasteiger partial charge is 0.362 e. The van der Waals surface area contributed by atoms with E-state index in [1.165, 1.54) is 0 Å². The van der Waals surface area contributed by atoms with E-state index in [1.54, 1.807) is 7.11 Å². The molecule has 0 radical (unpaired) electrons. The summed E-state index contributed by atoms with van der Waals surface area (Å²) in [6.45, 7) is 4.99. The monoisotopic (exact) mass is 263 g/mol. The Morgan fingerprint density at radius 3 is 2.42 bits per heavy atom. The molecule has 0 aliphatic carbocycles. The molecule has 1 atom stereocenters. The van der Waals surface area contributed by atoms with Crippen LogP contribution in [0.3, 0.4) is 0 Å². The van der Waals surface area contributed by atoms with Crippen LogP contribution >= 0.6 is 0 Å². The Labute approximate surface area is 116 Å². The molecule has 0 saturated carbocycles. The fraction of sp³-hybridized carbons (Fsp3) is 0.562. The zero-order valence-electron chi connectivity index (χ0n) is 12.3. The first-order valence-electron chi connectivity index (χ1n) is 7.13. The Balaban J connectivity index is 2.85. The average Bonchev–Trinajstić information content (AvgIpc) is 2.47. The van der Waals surface area contributed by atoms with Gasteiger partial charge >= 0.3 is 0 Å². The summed E-state index contributed by atoms with van der Waals surface area (Å²) in [6.07, 6.45) is 3.83. The van der Waals surface area contributed by atoms with Crippen molar-refractivity contribution in [2.45, 2.75) is 45.8 Å². The maximum atomic E-state index is 12.6. The highest BCUT2D eigenvalue weighted by molar-refractivity contribution is 5.94. The maximum absolute atomic E-state index is 12.6. The quantitative estimate of drug-likeness (QED) is 0.669. The van der Waals surface area contributed by atoms with Gasteiger partial charge in [0.1, 0.15) is 6.23 Å². The summed E-state index contributed by atoms with van der Waals surface area (Å²) < 4.78 is 5.50. The third-order valence-corrected chi connectivity index (χ3v) is 3.19. The van der Waals surface area contributed by atoms with Gasteiger partial charge in [-0.05, 0) is 25.0 Å². The number of amides is 1. The molecule has 1 aromatic carbocycles. The van der Waals surface area contributed by atoms with Crippen molar-refractivity contribution in [3.63, 3.8) is 0 Å². The van der Waals surface area contributed by atoms with E-state index in [0.717, 1.165) is 37.8 Å². The molecule has 1 unspecified atom stereocenters. The van der Waals surface area contributed by atoms with Crippen LogP contribution < -0.4 is 0 Å².